The number of carbonyl (C=O) groups is 2. The van der Waals surface area contributed by atoms with Crippen LogP contribution in [0.25, 0.3) is 0 Å². The summed E-state index contributed by atoms with van der Waals surface area (Å²) in [6.45, 7) is 3.75. The van der Waals surface area contributed by atoms with Crippen LogP contribution in [0.4, 0.5) is 5.69 Å². The van der Waals surface area contributed by atoms with Crippen LogP contribution in [-0.4, -0.2) is 42.5 Å². The highest BCUT2D eigenvalue weighted by atomic mass is 32.2. The molecule has 136 valence electrons. The van der Waals surface area contributed by atoms with E-state index in [-0.39, 0.29) is 18.3 Å². The molecule has 0 aromatic heterocycles. The molecule has 0 bridgehead atoms. The first-order valence-electron chi connectivity index (χ1n) is 8.70. The number of nitrogens with one attached hydrogen (secondary N) is 1. The Morgan fingerprint density at radius 2 is 1.92 bits per heavy atom. The van der Waals surface area contributed by atoms with Crippen molar-refractivity contribution in [2.24, 2.45) is 0 Å². The lowest BCUT2D eigenvalue weighted by molar-refractivity contribution is -0.158. The third kappa shape index (κ3) is 4.65. The fourth-order valence-corrected chi connectivity index (χ4v) is 3.83. The summed E-state index contributed by atoms with van der Waals surface area (Å²) in [6.07, 6.45) is 0.0943. The van der Waals surface area contributed by atoms with E-state index >= 15 is 0 Å². The molecule has 0 radical (unpaired) electrons. The van der Waals surface area contributed by atoms with Crippen molar-refractivity contribution in [1.82, 2.24) is 4.90 Å². The number of para-hydroxylation sites is 1. The summed E-state index contributed by atoms with van der Waals surface area (Å²) in [5.74, 6) is -0.506. The summed E-state index contributed by atoms with van der Waals surface area (Å²) < 4.78 is 5.11. The van der Waals surface area contributed by atoms with E-state index in [2.05, 4.69) is 5.32 Å². The van der Waals surface area contributed by atoms with Gasteiger partial charge in [0.15, 0.2) is 0 Å². The largest absolute Gasteiger partial charge is 0.463 e. The third-order valence-corrected chi connectivity index (χ3v) is 5.34. The normalized spacial score (nSPS) is 17.6. The second kappa shape index (κ2) is 8.87. The van der Waals surface area contributed by atoms with Crippen molar-refractivity contribution in [3.8, 4) is 0 Å². The molecule has 1 fully saturated rings. The van der Waals surface area contributed by atoms with Gasteiger partial charge in [0, 0.05) is 16.3 Å². The Morgan fingerprint density at radius 1 is 1.19 bits per heavy atom. The zero-order valence-corrected chi connectivity index (χ0v) is 15.5. The summed E-state index contributed by atoms with van der Waals surface area (Å²) in [5, 5.41) is 2.95. The lowest BCUT2D eigenvalue weighted by Crippen LogP contribution is -2.50. The Hall–Kier alpha value is -2.31. The molecule has 3 rings (SSSR count). The first-order valence-corrected chi connectivity index (χ1v) is 9.51. The number of hydrogen-bond acceptors (Lipinski definition) is 5. The first kappa shape index (κ1) is 18.5. The summed E-state index contributed by atoms with van der Waals surface area (Å²) in [5.41, 5.74) is 0.749. The van der Waals surface area contributed by atoms with Crippen molar-refractivity contribution in [1.29, 1.82) is 0 Å². The van der Waals surface area contributed by atoms with Crippen molar-refractivity contribution in [3.63, 3.8) is 0 Å². The van der Waals surface area contributed by atoms with Crippen LogP contribution in [0.5, 0.6) is 0 Å². The zero-order chi connectivity index (χ0) is 18.4. The molecule has 1 atom stereocenters. The molecule has 1 aliphatic rings. The van der Waals surface area contributed by atoms with Gasteiger partial charge in [-0.3, -0.25) is 14.5 Å². The molecule has 0 spiro atoms. The second-order valence-electron chi connectivity index (χ2n) is 5.98. The standard InChI is InChI=1S/C20H22N2O3S/c1-2-22-12-13-25-20(24)17(22)14-19(23)21-16-10-6-7-11-18(16)26-15-8-4-3-5-9-15/h3-11,17H,2,12-14H2,1H3,(H,21,23)/t17-/m0/s1. The van der Waals surface area contributed by atoms with Gasteiger partial charge in [0.2, 0.25) is 5.91 Å². The maximum atomic E-state index is 12.5. The summed E-state index contributed by atoms with van der Waals surface area (Å²) in [7, 11) is 0. The molecule has 2 aromatic carbocycles. The fourth-order valence-electron chi connectivity index (χ4n) is 2.91. The number of amides is 1. The number of carbonyl (C=O) groups excluding carboxylic acids is 2. The van der Waals surface area contributed by atoms with Crippen molar-refractivity contribution in [2.45, 2.75) is 29.2 Å². The Labute approximate surface area is 157 Å². The predicted octanol–water partition coefficient (Wildman–Crippen LogP) is 3.41. The fraction of sp³-hybridized carbons (Fsp3) is 0.300. The maximum Gasteiger partial charge on any atom is 0.323 e. The monoisotopic (exact) mass is 370 g/mol. The topological polar surface area (TPSA) is 58.6 Å². The zero-order valence-electron chi connectivity index (χ0n) is 14.7. The van der Waals surface area contributed by atoms with Gasteiger partial charge in [0.05, 0.1) is 12.1 Å². The van der Waals surface area contributed by atoms with Gasteiger partial charge in [0.1, 0.15) is 12.6 Å². The van der Waals surface area contributed by atoms with Crippen molar-refractivity contribution in [3.05, 3.63) is 54.6 Å². The smallest absolute Gasteiger partial charge is 0.323 e. The molecule has 1 aliphatic heterocycles. The van der Waals surface area contributed by atoms with Crippen molar-refractivity contribution in [2.75, 3.05) is 25.0 Å². The highest BCUT2D eigenvalue weighted by molar-refractivity contribution is 7.99. The van der Waals surface area contributed by atoms with Crippen LogP contribution in [0.1, 0.15) is 13.3 Å². The van der Waals surface area contributed by atoms with Gasteiger partial charge in [-0.15, -0.1) is 0 Å². The van der Waals surface area contributed by atoms with E-state index < -0.39 is 6.04 Å². The van der Waals surface area contributed by atoms with E-state index in [9.17, 15) is 9.59 Å². The number of morpholine rings is 1. The average molecular weight is 370 g/mol. The van der Waals surface area contributed by atoms with Crippen LogP contribution in [0.2, 0.25) is 0 Å². The van der Waals surface area contributed by atoms with Crippen LogP contribution in [-0.2, 0) is 14.3 Å². The average Bonchev–Trinajstić information content (AvgIpc) is 2.66. The number of nitrogens with zero attached hydrogens (tertiary/aromatic N) is 1. The van der Waals surface area contributed by atoms with Gasteiger partial charge < -0.3 is 10.1 Å². The summed E-state index contributed by atoms with van der Waals surface area (Å²) >= 11 is 1.59. The van der Waals surface area contributed by atoms with E-state index in [0.29, 0.717) is 19.7 Å². The molecule has 0 aliphatic carbocycles. The molecule has 2 aromatic rings. The number of rotatable bonds is 6. The number of cyclic esters (lactones) is 1. The van der Waals surface area contributed by atoms with E-state index in [1.165, 1.54) is 0 Å². The molecule has 0 saturated carbocycles. The van der Waals surface area contributed by atoms with Crippen LogP contribution >= 0.6 is 11.8 Å². The van der Waals surface area contributed by atoms with E-state index in [1.54, 1.807) is 11.8 Å². The van der Waals surface area contributed by atoms with E-state index in [4.69, 9.17) is 4.74 Å². The van der Waals surface area contributed by atoms with Gasteiger partial charge in [-0.05, 0) is 30.8 Å². The quantitative estimate of drug-likeness (QED) is 0.790. The van der Waals surface area contributed by atoms with E-state index in [1.807, 2.05) is 66.4 Å². The van der Waals surface area contributed by atoms with Crippen LogP contribution in [0.3, 0.4) is 0 Å². The molecule has 5 nitrogen and oxygen atoms in total. The number of esters is 1. The number of likely N-dealkylation sites (N-methyl/N-ethyl adjacent to an activating group) is 1. The Morgan fingerprint density at radius 3 is 2.69 bits per heavy atom. The van der Waals surface area contributed by atoms with Gasteiger partial charge in [-0.1, -0.05) is 49.0 Å². The van der Waals surface area contributed by atoms with Gasteiger partial charge in [0.25, 0.3) is 0 Å². The lowest BCUT2D eigenvalue weighted by atomic mass is 10.1. The summed E-state index contributed by atoms with van der Waals surface area (Å²) in [6, 6.07) is 17.2. The van der Waals surface area contributed by atoms with Crippen LogP contribution in [0, 0.1) is 0 Å². The predicted molar refractivity (Wildman–Crippen MR) is 102 cm³/mol. The van der Waals surface area contributed by atoms with Crippen LogP contribution < -0.4 is 5.32 Å². The molecule has 1 amide bonds. The minimum atomic E-state index is -0.511. The number of benzene rings is 2. The Bertz CT molecular complexity index is 767. The number of ether oxygens (including phenoxy) is 1. The summed E-state index contributed by atoms with van der Waals surface area (Å²) in [4.78, 5) is 28.6. The highest BCUT2D eigenvalue weighted by Gasteiger charge is 2.32. The molecule has 1 heterocycles. The van der Waals surface area contributed by atoms with Gasteiger partial charge >= 0.3 is 5.97 Å². The molecule has 0 unspecified atom stereocenters. The van der Waals surface area contributed by atoms with Gasteiger partial charge in [-0.25, -0.2) is 0 Å². The molecular weight excluding hydrogens is 348 g/mol. The van der Waals surface area contributed by atoms with Crippen molar-refractivity contribution >= 4 is 29.3 Å². The molecule has 1 saturated heterocycles. The minimum absolute atomic E-state index is 0.0943. The van der Waals surface area contributed by atoms with Gasteiger partial charge in [-0.2, -0.15) is 0 Å². The lowest BCUT2D eigenvalue weighted by Gasteiger charge is -2.32. The highest BCUT2D eigenvalue weighted by Crippen LogP contribution is 2.33. The SMILES string of the molecule is CCN1CCOC(=O)[C@@H]1CC(=O)Nc1ccccc1Sc1ccccc1. The Kier molecular flexibility index (Phi) is 6.30. The molecule has 26 heavy (non-hydrogen) atoms. The molecule has 6 heteroatoms. The second-order valence-corrected chi connectivity index (χ2v) is 7.09. The molecule has 1 N–H and O–H groups in total. The van der Waals surface area contributed by atoms with E-state index in [0.717, 1.165) is 15.5 Å². The third-order valence-electron chi connectivity index (χ3n) is 4.25. The molecular formula is C20H22N2O3S. The maximum absolute atomic E-state index is 12.5. The van der Waals surface area contributed by atoms with Crippen LogP contribution in [0.15, 0.2) is 64.4 Å². The number of anilines is 1. The first-order chi connectivity index (χ1) is 12.7. The number of hydrogen-bond donors (Lipinski definition) is 1. The Balaban J connectivity index is 1.68. The van der Waals surface area contributed by atoms with Crippen molar-refractivity contribution < 1.29 is 14.3 Å². The minimum Gasteiger partial charge on any atom is -0.463 e.